The van der Waals surface area contributed by atoms with E-state index >= 15 is 0 Å². The number of aromatic nitrogens is 1. The van der Waals surface area contributed by atoms with Gasteiger partial charge < -0.3 is 4.74 Å². The van der Waals surface area contributed by atoms with Crippen LogP contribution in [0.25, 0.3) is 0 Å². The zero-order valence-corrected chi connectivity index (χ0v) is 8.83. The van der Waals surface area contributed by atoms with E-state index in [-0.39, 0.29) is 0 Å². The molecule has 0 spiro atoms. The number of halogens is 1. The first-order valence-electron chi connectivity index (χ1n) is 5.13. The molecule has 3 heteroatoms. The summed E-state index contributed by atoms with van der Waals surface area (Å²) in [6.07, 6.45) is 8.32. The second kappa shape index (κ2) is 4.65. The average molecular weight is 212 g/mol. The predicted octanol–water partition coefficient (Wildman–Crippen LogP) is 3.45. The molecule has 0 N–H and O–H groups in total. The van der Waals surface area contributed by atoms with Crippen LogP contribution >= 0.6 is 11.6 Å². The monoisotopic (exact) mass is 211 g/mol. The Morgan fingerprint density at radius 3 is 2.64 bits per heavy atom. The zero-order chi connectivity index (χ0) is 9.80. The second-order valence-corrected chi connectivity index (χ2v) is 4.08. The summed E-state index contributed by atoms with van der Waals surface area (Å²) < 4.78 is 5.79. The van der Waals surface area contributed by atoms with Gasteiger partial charge in [0.2, 0.25) is 0 Å². The predicted molar refractivity (Wildman–Crippen MR) is 56.7 cm³/mol. The largest absolute Gasteiger partial charge is 0.489 e. The third kappa shape index (κ3) is 2.61. The Kier molecular flexibility index (Phi) is 3.25. The van der Waals surface area contributed by atoms with Crippen molar-refractivity contribution in [2.75, 3.05) is 0 Å². The van der Waals surface area contributed by atoms with Crippen LogP contribution in [0.3, 0.4) is 0 Å². The van der Waals surface area contributed by atoms with E-state index < -0.39 is 0 Å². The summed E-state index contributed by atoms with van der Waals surface area (Å²) >= 11 is 5.69. The van der Waals surface area contributed by atoms with E-state index in [0.29, 0.717) is 11.3 Å². The maximum Gasteiger partial charge on any atom is 0.138 e. The maximum atomic E-state index is 5.79. The van der Waals surface area contributed by atoms with Crippen LogP contribution in [-0.4, -0.2) is 11.1 Å². The molecule has 2 rings (SSSR count). The van der Waals surface area contributed by atoms with Crippen LogP contribution < -0.4 is 4.74 Å². The Balaban J connectivity index is 1.92. The lowest BCUT2D eigenvalue weighted by Crippen LogP contribution is -2.19. The molecule has 0 atom stereocenters. The van der Waals surface area contributed by atoms with Crippen LogP contribution in [0.15, 0.2) is 18.3 Å². The van der Waals surface area contributed by atoms with Crippen molar-refractivity contribution >= 4 is 11.6 Å². The van der Waals surface area contributed by atoms with Crippen molar-refractivity contribution in [3.8, 4) is 5.75 Å². The minimum Gasteiger partial charge on any atom is -0.489 e. The van der Waals surface area contributed by atoms with Crippen LogP contribution in [0.5, 0.6) is 5.75 Å². The van der Waals surface area contributed by atoms with Gasteiger partial charge in [0.1, 0.15) is 10.9 Å². The van der Waals surface area contributed by atoms with Crippen LogP contribution in [0.4, 0.5) is 0 Å². The van der Waals surface area contributed by atoms with Crippen LogP contribution in [0.2, 0.25) is 5.15 Å². The van der Waals surface area contributed by atoms with Crippen molar-refractivity contribution in [1.29, 1.82) is 0 Å². The highest BCUT2D eigenvalue weighted by atomic mass is 35.5. The smallest absolute Gasteiger partial charge is 0.138 e. The van der Waals surface area contributed by atoms with Gasteiger partial charge in [0.25, 0.3) is 0 Å². The highest BCUT2D eigenvalue weighted by Crippen LogP contribution is 2.23. The highest BCUT2D eigenvalue weighted by Gasteiger charge is 2.14. The van der Waals surface area contributed by atoms with E-state index in [1.54, 1.807) is 12.3 Å². The number of rotatable bonds is 2. The Morgan fingerprint density at radius 2 is 2.00 bits per heavy atom. The average Bonchev–Trinajstić information content (AvgIpc) is 2.23. The molecule has 76 valence electrons. The summed E-state index contributed by atoms with van der Waals surface area (Å²) in [4.78, 5) is 3.99. The van der Waals surface area contributed by atoms with Gasteiger partial charge in [-0.2, -0.15) is 0 Å². The molecule has 1 fully saturated rings. The van der Waals surface area contributed by atoms with Crippen LogP contribution in [-0.2, 0) is 0 Å². The standard InChI is InChI=1S/C11H14ClNO/c12-11-7-6-10(8-13-11)14-9-4-2-1-3-5-9/h6-9H,1-5H2. The van der Waals surface area contributed by atoms with E-state index in [9.17, 15) is 0 Å². The maximum absolute atomic E-state index is 5.79. The molecule has 0 saturated heterocycles. The number of ether oxygens (including phenoxy) is 1. The van der Waals surface area contributed by atoms with Crippen molar-refractivity contribution in [2.24, 2.45) is 0 Å². The molecular weight excluding hydrogens is 198 g/mol. The first-order valence-corrected chi connectivity index (χ1v) is 5.50. The molecule has 0 radical (unpaired) electrons. The molecule has 1 aromatic heterocycles. The summed E-state index contributed by atoms with van der Waals surface area (Å²) in [5.41, 5.74) is 0. The quantitative estimate of drug-likeness (QED) is 0.700. The molecule has 2 nitrogen and oxygen atoms in total. The van der Waals surface area contributed by atoms with Gasteiger partial charge in [-0.25, -0.2) is 4.98 Å². The first kappa shape index (κ1) is 9.78. The Hall–Kier alpha value is -0.760. The van der Waals surface area contributed by atoms with Gasteiger partial charge >= 0.3 is 0 Å². The summed E-state index contributed by atoms with van der Waals surface area (Å²) in [6, 6.07) is 3.64. The van der Waals surface area contributed by atoms with Gasteiger partial charge in [-0.15, -0.1) is 0 Å². The molecule has 0 unspecified atom stereocenters. The highest BCUT2D eigenvalue weighted by molar-refractivity contribution is 6.29. The SMILES string of the molecule is Clc1ccc(OC2CCCCC2)cn1. The number of hydrogen-bond donors (Lipinski definition) is 0. The second-order valence-electron chi connectivity index (χ2n) is 3.69. The Labute approximate surface area is 89.3 Å². The van der Waals surface area contributed by atoms with Crippen molar-refractivity contribution in [2.45, 2.75) is 38.2 Å². The fourth-order valence-electron chi connectivity index (χ4n) is 1.81. The Bertz CT molecular complexity index is 280. The zero-order valence-electron chi connectivity index (χ0n) is 8.08. The fourth-order valence-corrected chi connectivity index (χ4v) is 1.92. The molecule has 1 saturated carbocycles. The van der Waals surface area contributed by atoms with Crippen molar-refractivity contribution in [3.05, 3.63) is 23.5 Å². The van der Waals surface area contributed by atoms with Crippen molar-refractivity contribution in [3.63, 3.8) is 0 Å². The number of nitrogens with zero attached hydrogens (tertiary/aromatic N) is 1. The molecular formula is C11H14ClNO. The minimum absolute atomic E-state index is 0.381. The van der Waals surface area contributed by atoms with Gasteiger partial charge in [0.05, 0.1) is 12.3 Å². The molecule has 1 aromatic rings. The lowest BCUT2D eigenvalue weighted by atomic mass is 9.98. The lowest BCUT2D eigenvalue weighted by molar-refractivity contribution is 0.154. The van der Waals surface area contributed by atoms with E-state index in [0.717, 1.165) is 5.75 Å². The van der Waals surface area contributed by atoms with Crippen molar-refractivity contribution < 1.29 is 4.74 Å². The molecule has 14 heavy (non-hydrogen) atoms. The van der Waals surface area contributed by atoms with E-state index in [2.05, 4.69) is 4.98 Å². The fraction of sp³-hybridized carbons (Fsp3) is 0.545. The summed E-state index contributed by atoms with van der Waals surface area (Å²) in [5.74, 6) is 0.835. The normalized spacial score (nSPS) is 18.1. The van der Waals surface area contributed by atoms with Gasteiger partial charge in [-0.3, -0.25) is 0 Å². The molecule has 1 aliphatic rings. The Morgan fingerprint density at radius 1 is 1.21 bits per heavy atom. The molecule has 1 aliphatic carbocycles. The third-order valence-electron chi connectivity index (χ3n) is 2.56. The molecule has 0 aromatic carbocycles. The van der Waals surface area contributed by atoms with Gasteiger partial charge in [0.15, 0.2) is 0 Å². The molecule has 0 amide bonds. The van der Waals surface area contributed by atoms with Crippen LogP contribution in [0.1, 0.15) is 32.1 Å². The van der Waals surface area contributed by atoms with E-state index in [1.165, 1.54) is 32.1 Å². The summed E-state index contributed by atoms with van der Waals surface area (Å²) in [6.45, 7) is 0. The minimum atomic E-state index is 0.381. The number of pyridine rings is 1. The van der Waals surface area contributed by atoms with Gasteiger partial charge in [-0.05, 0) is 37.8 Å². The molecule has 1 heterocycles. The molecule has 0 bridgehead atoms. The van der Waals surface area contributed by atoms with Crippen molar-refractivity contribution in [1.82, 2.24) is 4.98 Å². The lowest BCUT2D eigenvalue weighted by Gasteiger charge is -2.22. The molecule has 0 aliphatic heterocycles. The summed E-state index contributed by atoms with van der Waals surface area (Å²) in [7, 11) is 0. The topological polar surface area (TPSA) is 22.1 Å². The third-order valence-corrected chi connectivity index (χ3v) is 2.78. The number of hydrogen-bond acceptors (Lipinski definition) is 2. The van der Waals surface area contributed by atoms with Gasteiger partial charge in [0, 0.05) is 0 Å². The van der Waals surface area contributed by atoms with Gasteiger partial charge in [-0.1, -0.05) is 18.0 Å². The van der Waals surface area contributed by atoms with E-state index in [4.69, 9.17) is 16.3 Å². The van der Waals surface area contributed by atoms with Crippen LogP contribution in [0, 0.1) is 0 Å². The van der Waals surface area contributed by atoms with E-state index in [1.807, 2.05) is 6.07 Å². The summed E-state index contributed by atoms with van der Waals surface area (Å²) in [5, 5.41) is 0.515. The first-order chi connectivity index (χ1) is 6.84.